The normalized spacial score (nSPS) is 11.5. The van der Waals surface area contributed by atoms with Gasteiger partial charge in [0.05, 0.1) is 0 Å². The molecule has 3 nitrogen and oxygen atoms in total. The fourth-order valence-corrected chi connectivity index (χ4v) is 1.71. The Labute approximate surface area is 117 Å². The van der Waals surface area contributed by atoms with Crippen LogP contribution in [0.1, 0.15) is 40.2 Å². The molecule has 2 amide bonds. The van der Waals surface area contributed by atoms with E-state index in [-0.39, 0.29) is 17.5 Å². The molecule has 0 radical (unpaired) electrons. The number of hydrogen-bond donors (Lipinski definition) is 1. The maximum Gasteiger partial charge on any atom is 0.317 e. The van der Waals surface area contributed by atoms with Crippen molar-refractivity contribution >= 4 is 6.03 Å². The highest BCUT2D eigenvalue weighted by Crippen LogP contribution is 2.12. The van der Waals surface area contributed by atoms with Crippen LogP contribution < -0.4 is 5.32 Å². The number of amides is 2. The summed E-state index contributed by atoms with van der Waals surface area (Å²) in [7, 11) is 0. The summed E-state index contributed by atoms with van der Waals surface area (Å²) in [6, 6.07) is 10.3. The fraction of sp³-hybridized carbons (Fsp3) is 0.562. The monoisotopic (exact) mass is 262 g/mol. The summed E-state index contributed by atoms with van der Waals surface area (Å²) in [4.78, 5) is 14.1. The third-order valence-electron chi connectivity index (χ3n) is 2.85. The topological polar surface area (TPSA) is 32.3 Å². The summed E-state index contributed by atoms with van der Waals surface area (Å²) in [5, 5.41) is 3.01. The second-order valence-corrected chi connectivity index (χ2v) is 6.43. The number of rotatable bonds is 4. The highest BCUT2D eigenvalue weighted by molar-refractivity contribution is 5.74. The van der Waals surface area contributed by atoms with Gasteiger partial charge in [-0.05, 0) is 24.8 Å². The first-order valence-electron chi connectivity index (χ1n) is 6.88. The van der Waals surface area contributed by atoms with Gasteiger partial charge < -0.3 is 10.2 Å². The minimum Gasteiger partial charge on any atom is -0.337 e. The third kappa shape index (κ3) is 5.77. The van der Waals surface area contributed by atoms with Gasteiger partial charge in [-0.25, -0.2) is 4.79 Å². The van der Waals surface area contributed by atoms with Crippen molar-refractivity contribution in [2.75, 3.05) is 6.54 Å². The lowest BCUT2D eigenvalue weighted by molar-refractivity contribution is 0.175. The molecule has 0 aromatic heterocycles. The first kappa shape index (κ1) is 15.5. The molecule has 0 fully saturated rings. The molecule has 19 heavy (non-hydrogen) atoms. The van der Waals surface area contributed by atoms with E-state index in [2.05, 4.69) is 26.1 Å². The lowest BCUT2D eigenvalue weighted by Crippen LogP contribution is -2.45. The van der Waals surface area contributed by atoms with Gasteiger partial charge in [0.2, 0.25) is 0 Å². The van der Waals surface area contributed by atoms with E-state index >= 15 is 0 Å². The fourth-order valence-electron chi connectivity index (χ4n) is 1.71. The number of nitrogens with zero attached hydrogens (tertiary/aromatic N) is 1. The van der Waals surface area contributed by atoms with Gasteiger partial charge in [-0.2, -0.15) is 0 Å². The highest BCUT2D eigenvalue weighted by Gasteiger charge is 2.19. The van der Waals surface area contributed by atoms with E-state index in [1.807, 2.05) is 49.1 Å². The summed E-state index contributed by atoms with van der Waals surface area (Å²) >= 11 is 0. The number of carbonyl (C=O) groups excluding carboxylic acids is 1. The molecule has 0 aliphatic carbocycles. The van der Waals surface area contributed by atoms with Gasteiger partial charge in [0.15, 0.2) is 0 Å². The standard InChI is InChI=1S/C16H26N2O/c1-13(2)18(11-14-9-7-6-8-10-14)15(19)17-12-16(3,4)5/h6-10,13H,11-12H2,1-5H3,(H,17,19). The van der Waals surface area contributed by atoms with E-state index in [0.717, 1.165) is 5.56 Å². The van der Waals surface area contributed by atoms with Crippen molar-refractivity contribution in [2.24, 2.45) is 5.41 Å². The summed E-state index contributed by atoms with van der Waals surface area (Å²) in [5.41, 5.74) is 1.26. The molecule has 0 aliphatic heterocycles. The lowest BCUT2D eigenvalue weighted by atomic mass is 9.97. The Morgan fingerprint density at radius 2 is 1.79 bits per heavy atom. The zero-order valence-corrected chi connectivity index (χ0v) is 12.7. The minimum absolute atomic E-state index is 0.00813. The van der Waals surface area contributed by atoms with Crippen LogP contribution in [-0.4, -0.2) is 23.5 Å². The molecule has 0 bridgehead atoms. The Kier molecular flexibility index (Phi) is 5.40. The average Bonchev–Trinajstić information content (AvgIpc) is 2.33. The highest BCUT2D eigenvalue weighted by atomic mass is 16.2. The van der Waals surface area contributed by atoms with Crippen molar-refractivity contribution in [1.82, 2.24) is 10.2 Å². The van der Waals surface area contributed by atoms with Crippen molar-refractivity contribution < 1.29 is 4.79 Å². The van der Waals surface area contributed by atoms with E-state index in [4.69, 9.17) is 0 Å². The molecule has 0 atom stereocenters. The quantitative estimate of drug-likeness (QED) is 0.882. The number of benzene rings is 1. The largest absolute Gasteiger partial charge is 0.337 e. The molecule has 1 aromatic carbocycles. The van der Waals surface area contributed by atoms with Gasteiger partial charge >= 0.3 is 6.03 Å². The maximum atomic E-state index is 12.3. The summed E-state index contributed by atoms with van der Waals surface area (Å²) in [6.07, 6.45) is 0. The van der Waals surface area contributed by atoms with Crippen LogP contribution in [0.25, 0.3) is 0 Å². The van der Waals surface area contributed by atoms with E-state index < -0.39 is 0 Å². The second kappa shape index (κ2) is 6.60. The molecule has 0 spiro atoms. The Balaban J connectivity index is 2.65. The van der Waals surface area contributed by atoms with Gasteiger partial charge in [0.25, 0.3) is 0 Å². The molecule has 0 unspecified atom stereocenters. The van der Waals surface area contributed by atoms with E-state index in [9.17, 15) is 4.79 Å². The van der Waals surface area contributed by atoms with Gasteiger partial charge in [-0.15, -0.1) is 0 Å². The van der Waals surface area contributed by atoms with Crippen molar-refractivity contribution in [3.8, 4) is 0 Å². The van der Waals surface area contributed by atoms with Gasteiger partial charge in [0.1, 0.15) is 0 Å². The molecule has 1 N–H and O–H groups in total. The molecule has 0 heterocycles. The summed E-state index contributed by atoms with van der Waals surface area (Å²) in [6.45, 7) is 11.8. The first-order valence-corrected chi connectivity index (χ1v) is 6.88. The van der Waals surface area contributed by atoms with E-state index in [1.54, 1.807) is 0 Å². The number of nitrogens with one attached hydrogen (secondary N) is 1. The number of hydrogen-bond acceptors (Lipinski definition) is 1. The van der Waals surface area contributed by atoms with E-state index in [1.165, 1.54) is 0 Å². The Hall–Kier alpha value is -1.51. The third-order valence-corrected chi connectivity index (χ3v) is 2.85. The number of urea groups is 1. The van der Waals surface area contributed by atoms with Gasteiger partial charge in [-0.1, -0.05) is 51.1 Å². The van der Waals surface area contributed by atoms with Gasteiger partial charge in [-0.3, -0.25) is 0 Å². The molecule has 0 saturated heterocycles. The van der Waals surface area contributed by atoms with Gasteiger partial charge in [0, 0.05) is 19.1 Å². The molecule has 3 heteroatoms. The maximum absolute atomic E-state index is 12.3. The van der Waals surface area contributed by atoms with Crippen LogP contribution in [0.3, 0.4) is 0 Å². The smallest absolute Gasteiger partial charge is 0.317 e. The Bertz CT molecular complexity index is 393. The second-order valence-electron chi connectivity index (χ2n) is 6.43. The van der Waals surface area contributed by atoms with Crippen LogP contribution in [0.5, 0.6) is 0 Å². The molecule has 1 aromatic rings. The van der Waals surface area contributed by atoms with Crippen LogP contribution in [0, 0.1) is 5.41 Å². The van der Waals surface area contributed by atoms with Crippen molar-refractivity contribution in [3.63, 3.8) is 0 Å². The van der Waals surface area contributed by atoms with Crippen molar-refractivity contribution in [3.05, 3.63) is 35.9 Å². The molecular weight excluding hydrogens is 236 g/mol. The van der Waals surface area contributed by atoms with Crippen LogP contribution in [0.2, 0.25) is 0 Å². The Morgan fingerprint density at radius 3 is 2.26 bits per heavy atom. The molecule has 0 aliphatic rings. The first-order chi connectivity index (χ1) is 8.79. The van der Waals surface area contributed by atoms with E-state index in [0.29, 0.717) is 13.1 Å². The zero-order chi connectivity index (χ0) is 14.5. The molecular formula is C16H26N2O. The van der Waals surface area contributed by atoms with Crippen molar-refractivity contribution in [1.29, 1.82) is 0 Å². The molecule has 1 rings (SSSR count). The predicted molar refractivity (Wildman–Crippen MR) is 80.0 cm³/mol. The van der Waals surface area contributed by atoms with Crippen LogP contribution in [0.15, 0.2) is 30.3 Å². The Morgan fingerprint density at radius 1 is 1.21 bits per heavy atom. The molecule has 106 valence electrons. The summed E-state index contributed by atoms with van der Waals surface area (Å²) < 4.78 is 0. The molecule has 0 saturated carbocycles. The van der Waals surface area contributed by atoms with Crippen LogP contribution in [-0.2, 0) is 6.54 Å². The predicted octanol–water partition coefficient (Wildman–Crippen LogP) is 3.65. The zero-order valence-electron chi connectivity index (χ0n) is 12.7. The summed E-state index contributed by atoms with van der Waals surface area (Å²) in [5.74, 6) is 0. The van der Waals surface area contributed by atoms with Crippen LogP contribution in [0.4, 0.5) is 4.79 Å². The lowest BCUT2D eigenvalue weighted by Gasteiger charge is -2.29. The van der Waals surface area contributed by atoms with Crippen molar-refractivity contribution in [2.45, 2.75) is 47.2 Å². The van der Waals surface area contributed by atoms with Crippen LogP contribution >= 0.6 is 0 Å². The SMILES string of the molecule is CC(C)N(Cc1ccccc1)C(=O)NCC(C)(C)C. The average molecular weight is 262 g/mol. The number of carbonyl (C=O) groups is 1. The minimum atomic E-state index is 0.00813.